The third-order valence-corrected chi connectivity index (χ3v) is 12.0. The van der Waals surface area contributed by atoms with E-state index in [0.29, 0.717) is 0 Å². The van der Waals surface area contributed by atoms with Crippen molar-refractivity contribution < 1.29 is 4.57 Å². The van der Waals surface area contributed by atoms with Gasteiger partial charge in [0.05, 0.1) is 0 Å². The molecule has 0 bridgehead atoms. The summed E-state index contributed by atoms with van der Waals surface area (Å²) in [7, 11) is 2.15. The molecule has 6 rings (SSSR count). The molecule has 0 atom stereocenters. The molecule has 0 saturated heterocycles. The van der Waals surface area contributed by atoms with Gasteiger partial charge in [-0.1, -0.05) is 0 Å². The van der Waals surface area contributed by atoms with Crippen molar-refractivity contribution in [3.05, 3.63) is 59.4 Å². The molecule has 3 heterocycles. The number of hydrogen-bond acceptors (Lipinski definition) is 1. The summed E-state index contributed by atoms with van der Waals surface area (Å²) in [5.41, 5.74) is 10.8. The fourth-order valence-electron chi connectivity index (χ4n) is 6.04. The molecule has 178 valence electrons. The van der Waals surface area contributed by atoms with Crippen LogP contribution < -0.4 is 8.96 Å². The summed E-state index contributed by atoms with van der Waals surface area (Å²) in [5.74, 6) is 7.44. The predicted octanol–water partition coefficient (Wildman–Crippen LogP) is 6.96. The Labute approximate surface area is 210 Å². The van der Waals surface area contributed by atoms with E-state index in [1.165, 1.54) is 64.7 Å². The van der Waals surface area contributed by atoms with E-state index in [1.807, 2.05) is 6.33 Å². The fraction of sp³-hybridized carbons (Fsp3) is 0.355. The van der Waals surface area contributed by atoms with Gasteiger partial charge in [-0.25, -0.2) is 0 Å². The summed E-state index contributed by atoms with van der Waals surface area (Å²) < 4.78 is 6.32. The van der Waals surface area contributed by atoms with Crippen molar-refractivity contribution in [2.75, 3.05) is 0 Å². The van der Waals surface area contributed by atoms with Crippen LogP contribution in [0, 0.1) is 19.3 Å². The maximum atomic E-state index is 4.96. The molecule has 3 aromatic carbocycles. The van der Waals surface area contributed by atoms with Crippen molar-refractivity contribution in [3.8, 4) is 0 Å². The van der Waals surface area contributed by atoms with Crippen LogP contribution in [-0.2, 0) is 13.5 Å². The molecule has 0 radical (unpaired) electrons. The summed E-state index contributed by atoms with van der Waals surface area (Å²) >= 11 is -2.10. The molecule has 0 aliphatic heterocycles. The van der Waals surface area contributed by atoms with E-state index in [0.717, 1.165) is 11.9 Å². The van der Waals surface area contributed by atoms with E-state index in [-0.39, 0.29) is 5.41 Å². The average molecular weight is 523 g/mol. The Morgan fingerprint density at radius 2 is 1.69 bits per heavy atom. The van der Waals surface area contributed by atoms with Crippen LogP contribution in [0.2, 0.25) is 17.3 Å². The SMILES string of the molecule is Cc1cc2c3c(CC(C)(C)C)cccc3n3c4c[c]([Ge]([CH3])([CH3])[CH3])cc5nc[n+](C)c(c(c1C)c23)c54. The fourth-order valence-corrected chi connectivity index (χ4v) is 8.43. The van der Waals surface area contributed by atoms with E-state index >= 15 is 0 Å². The number of fused-ring (bicyclic) bond motifs is 5. The second-order valence-corrected chi connectivity index (χ2v) is 23.5. The summed E-state index contributed by atoms with van der Waals surface area (Å²) in [6.45, 7) is 11.6. The molecule has 0 unspecified atom stereocenters. The van der Waals surface area contributed by atoms with Gasteiger partial charge in [-0.15, -0.1) is 0 Å². The average Bonchev–Trinajstić information content (AvgIpc) is 3.08. The van der Waals surface area contributed by atoms with Gasteiger partial charge in [-0.3, -0.25) is 0 Å². The molecule has 4 heteroatoms. The van der Waals surface area contributed by atoms with E-state index < -0.39 is 13.3 Å². The van der Waals surface area contributed by atoms with Crippen molar-refractivity contribution in [2.45, 2.75) is 58.3 Å². The van der Waals surface area contributed by atoms with E-state index in [4.69, 9.17) is 4.98 Å². The molecule has 0 aliphatic carbocycles. The van der Waals surface area contributed by atoms with Crippen LogP contribution in [0.25, 0.3) is 49.1 Å². The Hall–Kier alpha value is -2.66. The number of benzene rings is 3. The summed E-state index contributed by atoms with van der Waals surface area (Å²) in [6, 6.07) is 14.2. The predicted molar refractivity (Wildman–Crippen MR) is 153 cm³/mol. The summed E-state index contributed by atoms with van der Waals surface area (Å²) in [6.07, 6.45) is 3.07. The molecule has 0 N–H and O–H groups in total. The normalized spacial score (nSPS) is 13.4. The first-order valence-electron chi connectivity index (χ1n) is 12.8. The third-order valence-electron chi connectivity index (χ3n) is 7.80. The zero-order valence-corrected chi connectivity index (χ0v) is 24.7. The monoisotopic (exact) mass is 524 g/mol. The number of aromatic nitrogens is 3. The van der Waals surface area contributed by atoms with Gasteiger partial charge in [-0.05, 0) is 0 Å². The molecule has 0 aliphatic rings. The first kappa shape index (κ1) is 22.8. The molecule has 0 spiro atoms. The molecule has 3 nitrogen and oxygen atoms in total. The van der Waals surface area contributed by atoms with Crippen LogP contribution in [-0.4, -0.2) is 22.7 Å². The summed E-state index contributed by atoms with van der Waals surface area (Å²) in [5, 5.41) is 5.45. The molecular formula is C31H36GeN3+. The molecule has 3 aromatic heterocycles. The Balaban J connectivity index is 1.99. The van der Waals surface area contributed by atoms with Crippen LogP contribution in [0.4, 0.5) is 0 Å². The van der Waals surface area contributed by atoms with Crippen molar-refractivity contribution >= 4 is 66.8 Å². The van der Waals surface area contributed by atoms with Crippen molar-refractivity contribution in [3.63, 3.8) is 0 Å². The van der Waals surface area contributed by atoms with Crippen molar-refractivity contribution in [2.24, 2.45) is 12.5 Å². The van der Waals surface area contributed by atoms with Crippen LogP contribution >= 0.6 is 0 Å². The number of rotatable bonds is 2. The first-order valence-corrected chi connectivity index (χ1v) is 20.1. The Bertz CT molecular complexity index is 1810. The van der Waals surface area contributed by atoms with Crippen LogP contribution in [0.3, 0.4) is 0 Å². The number of pyridine rings is 1. The van der Waals surface area contributed by atoms with Gasteiger partial charge in [0.25, 0.3) is 0 Å². The van der Waals surface area contributed by atoms with Gasteiger partial charge in [0.2, 0.25) is 0 Å². The quantitative estimate of drug-likeness (QED) is 0.104. The van der Waals surface area contributed by atoms with Crippen LogP contribution in [0.1, 0.15) is 37.5 Å². The van der Waals surface area contributed by atoms with Crippen LogP contribution in [0.5, 0.6) is 0 Å². The second-order valence-electron chi connectivity index (χ2n) is 12.8. The Morgan fingerprint density at radius 3 is 2.37 bits per heavy atom. The van der Waals surface area contributed by atoms with Gasteiger partial charge >= 0.3 is 211 Å². The molecular weight excluding hydrogens is 487 g/mol. The maximum absolute atomic E-state index is 4.96. The van der Waals surface area contributed by atoms with Crippen LogP contribution in [0.15, 0.2) is 42.7 Å². The second kappa shape index (κ2) is 7.19. The number of hydrogen-bond donors (Lipinski definition) is 0. The van der Waals surface area contributed by atoms with E-state index in [1.54, 1.807) is 0 Å². The number of nitrogens with zero attached hydrogens (tertiary/aromatic N) is 3. The summed E-state index contributed by atoms with van der Waals surface area (Å²) in [4.78, 5) is 4.96. The van der Waals surface area contributed by atoms with Crippen molar-refractivity contribution in [1.29, 1.82) is 0 Å². The van der Waals surface area contributed by atoms with Gasteiger partial charge in [0, 0.05) is 0 Å². The minimum absolute atomic E-state index is 0.220. The Morgan fingerprint density at radius 1 is 0.943 bits per heavy atom. The van der Waals surface area contributed by atoms with Gasteiger partial charge < -0.3 is 0 Å². The molecule has 6 aromatic rings. The topological polar surface area (TPSA) is 21.2 Å². The first-order chi connectivity index (χ1) is 16.4. The van der Waals surface area contributed by atoms with Gasteiger partial charge in [0.15, 0.2) is 0 Å². The molecule has 35 heavy (non-hydrogen) atoms. The minimum atomic E-state index is -2.10. The zero-order valence-electron chi connectivity index (χ0n) is 22.6. The standard InChI is InChI=1S/C31H36GeN3/c1-18-13-22-27-20(16-31(3,4)5)11-10-12-24(27)35-25-15-21(32(6,7)8)14-23-28(25)30(34(9)17-33-23)26(19(18)2)29(22)35/h10-15,17H,16H2,1-9H3/q+1. The molecule has 0 saturated carbocycles. The van der Waals surface area contributed by atoms with E-state index in [9.17, 15) is 0 Å². The van der Waals surface area contributed by atoms with E-state index in [2.05, 4.69) is 104 Å². The molecule has 0 fully saturated rings. The van der Waals surface area contributed by atoms with Gasteiger partial charge in [-0.2, -0.15) is 0 Å². The van der Waals surface area contributed by atoms with Crippen molar-refractivity contribution in [1.82, 2.24) is 9.38 Å². The zero-order chi connectivity index (χ0) is 25.0. The van der Waals surface area contributed by atoms with Gasteiger partial charge in [0.1, 0.15) is 0 Å². The number of aryl methyl sites for hydroxylation is 3. The third kappa shape index (κ3) is 3.23. The molecule has 0 amide bonds. The Kier molecular flexibility index (Phi) is 4.68.